The summed E-state index contributed by atoms with van der Waals surface area (Å²) in [6.45, 7) is 2.34. The monoisotopic (exact) mass is 484 g/mol. The number of hydrogen-bond donors (Lipinski definition) is 1. The predicted octanol–water partition coefficient (Wildman–Crippen LogP) is 7.80. The molecule has 3 nitrogen and oxygen atoms in total. The molecule has 0 spiro atoms. The highest BCUT2D eigenvalue weighted by molar-refractivity contribution is 8.45. The number of benzene rings is 2. The molecule has 1 heterocycles. The number of fused-ring (bicyclic) bond motifs is 2. The maximum atomic E-state index is 13.2. The number of carbonyl (C=O) groups is 1. The summed E-state index contributed by atoms with van der Waals surface area (Å²) in [6.07, 6.45) is 6.96. The number of amides is 1. The summed E-state index contributed by atoms with van der Waals surface area (Å²) in [7, 11) is -9.70. The number of aromatic nitrogens is 1. The molecule has 3 aliphatic rings. The van der Waals surface area contributed by atoms with Crippen molar-refractivity contribution in [3.63, 3.8) is 0 Å². The molecule has 2 bridgehead atoms. The molecule has 0 unspecified atom stereocenters. The van der Waals surface area contributed by atoms with Crippen LogP contribution in [-0.4, -0.2) is 16.0 Å². The van der Waals surface area contributed by atoms with Gasteiger partial charge in [0, 0.05) is 23.7 Å². The van der Waals surface area contributed by atoms with Crippen LogP contribution < -0.4 is 5.32 Å². The minimum atomic E-state index is -9.70. The number of para-hydroxylation sites is 1. The van der Waals surface area contributed by atoms with Gasteiger partial charge < -0.3 is 9.88 Å². The van der Waals surface area contributed by atoms with E-state index >= 15 is 0 Å². The molecule has 0 aliphatic heterocycles. The third-order valence-electron chi connectivity index (χ3n) is 7.44. The van der Waals surface area contributed by atoms with Crippen molar-refractivity contribution < 1.29 is 24.2 Å². The van der Waals surface area contributed by atoms with Gasteiger partial charge in [-0.2, -0.15) is 0 Å². The van der Waals surface area contributed by atoms with Gasteiger partial charge in [-0.3, -0.25) is 4.79 Å². The fourth-order valence-corrected chi connectivity index (χ4v) is 6.40. The van der Waals surface area contributed by atoms with Crippen molar-refractivity contribution in [3.05, 3.63) is 65.9 Å². The molecule has 0 saturated heterocycles. The quantitative estimate of drug-likeness (QED) is 0.356. The van der Waals surface area contributed by atoms with Crippen molar-refractivity contribution in [2.45, 2.75) is 56.0 Å². The maximum absolute atomic E-state index is 13.2. The third-order valence-corrected chi connectivity index (χ3v) is 8.61. The van der Waals surface area contributed by atoms with Gasteiger partial charge in [-0.15, -0.1) is 0 Å². The second kappa shape index (κ2) is 6.31. The van der Waals surface area contributed by atoms with E-state index < -0.39 is 15.1 Å². The van der Waals surface area contributed by atoms with Gasteiger partial charge >= 0.3 is 10.2 Å². The number of carbonyl (C=O) groups excluding carboxylic acids is 1. The Morgan fingerprint density at radius 1 is 1.00 bits per heavy atom. The highest BCUT2D eigenvalue weighted by Gasteiger charge is 2.65. The molecule has 3 aromatic rings. The van der Waals surface area contributed by atoms with Gasteiger partial charge in [0.2, 0.25) is 0 Å². The summed E-state index contributed by atoms with van der Waals surface area (Å²) in [5.74, 6) is -0.164. The lowest BCUT2D eigenvalue weighted by molar-refractivity contribution is 0.0622. The van der Waals surface area contributed by atoms with Crippen LogP contribution in [-0.2, 0) is 6.54 Å². The van der Waals surface area contributed by atoms with Gasteiger partial charge in [0.15, 0.2) is 0 Å². The molecule has 6 rings (SSSR count). The van der Waals surface area contributed by atoms with Crippen LogP contribution in [0.5, 0.6) is 0 Å². The standard InChI is InChI=1S/C24H25F5N2OS/c1-2-23-11-12-24(15-23,16-23)30-22(32)20-5-3-4-18-10-13-31(21(18)20)14-17-6-8-19(9-7-17)33(25,26,27,28)29/h3-10,13H,2,11-12,14-16H2,1H3,(H,30,32). The minimum absolute atomic E-state index is 0.145. The molecule has 178 valence electrons. The Kier molecular flexibility index (Phi) is 4.26. The van der Waals surface area contributed by atoms with E-state index in [0.717, 1.165) is 49.6 Å². The van der Waals surface area contributed by atoms with Crippen molar-refractivity contribution in [2.24, 2.45) is 5.41 Å². The van der Waals surface area contributed by atoms with Crippen molar-refractivity contribution in [2.75, 3.05) is 0 Å². The van der Waals surface area contributed by atoms with Gasteiger partial charge in [-0.1, -0.05) is 57.0 Å². The first-order valence-corrected chi connectivity index (χ1v) is 12.9. The Labute approximate surface area is 188 Å². The Hall–Kier alpha value is -2.55. The van der Waals surface area contributed by atoms with Crippen molar-refractivity contribution in [3.8, 4) is 0 Å². The maximum Gasteiger partial charge on any atom is 0.310 e. The molecule has 3 aliphatic carbocycles. The van der Waals surface area contributed by atoms with E-state index in [4.69, 9.17) is 0 Å². The largest absolute Gasteiger partial charge is 0.346 e. The Bertz CT molecular complexity index is 1260. The second-order valence-electron chi connectivity index (χ2n) is 9.74. The van der Waals surface area contributed by atoms with E-state index in [1.807, 2.05) is 12.1 Å². The van der Waals surface area contributed by atoms with Gasteiger partial charge in [0.05, 0.1) is 11.1 Å². The zero-order valence-electron chi connectivity index (χ0n) is 18.1. The molecule has 9 heteroatoms. The Morgan fingerprint density at radius 2 is 1.70 bits per heavy atom. The third kappa shape index (κ3) is 3.90. The average Bonchev–Trinajstić information content (AvgIpc) is 3.38. The second-order valence-corrected chi connectivity index (χ2v) is 12.2. The van der Waals surface area contributed by atoms with Crippen LogP contribution in [0, 0.1) is 5.41 Å². The van der Waals surface area contributed by atoms with Crippen LogP contribution in [0.1, 0.15) is 54.9 Å². The van der Waals surface area contributed by atoms with Crippen LogP contribution in [0.4, 0.5) is 19.4 Å². The van der Waals surface area contributed by atoms with Crippen LogP contribution >= 0.6 is 10.2 Å². The molecule has 0 radical (unpaired) electrons. The lowest BCUT2D eigenvalue weighted by atomic mass is 9.63. The lowest BCUT2D eigenvalue weighted by Gasteiger charge is -2.47. The highest BCUT2D eigenvalue weighted by atomic mass is 32.5. The predicted molar refractivity (Wildman–Crippen MR) is 120 cm³/mol. The smallest absolute Gasteiger partial charge is 0.310 e. The van der Waals surface area contributed by atoms with Crippen LogP contribution in [0.25, 0.3) is 10.9 Å². The molecule has 33 heavy (non-hydrogen) atoms. The Morgan fingerprint density at radius 3 is 2.30 bits per heavy atom. The van der Waals surface area contributed by atoms with Gasteiger partial charge in [0.25, 0.3) is 5.91 Å². The summed E-state index contributed by atoms with van der Waals surface area (Å²) < 4.78 is 66.8. The molecule has 3 fully saturated rings. The number of rotatable bonds is 6. The SMILES string of the molecule is CCC12CCC(NC(=O)c3cccc4ccn(Cc5ccc(S(F)(F)(F)(F)F)cc5)c34)(C1)C2. The minimum Gasteiger partial charge on any atom is -0.346 e. The molecule has 1 N–H and O–H groups in total. The molecular formula is C24H25F5N2OS. The average molecular weight is 485 g/mol. The van der Waals surface area contributed by atoms with E-state index in [2.05, 4.69) is 12.2 Å². The van der Waals surface area contributed by atoms with Crippen molar-refractivity contribution >= 4 is 27.0 Å². The topological polar surface area (TPSA) is 34.0 Å². The molecular weight excluding hydrogens is 459 g/mol. The fourth-order valence-electron chi connectivity index (χ4n) is 5.75. The van der Waals surface area contributed by atoms with Gasteiger partial charge in [-0.05, 0) is 60.9 Å². The zero-order valence-corrected chi connectivity index (χ0v) is 18.9. The van der Waals surface area contributed by atoms with E-state index in [9.17, 15) is 24.2 Å². The first kappa shape index (κ1) is 22.3. The highest BCUT2D eigenvalue weighted by Crippen LogP contribution is 3.02. The summed E-state index contributed by atoms with van der Waals surface area (Å²) in [6, 6.07) is 10.2. The Balaban J connectivity index is 1.41. The molecule has 2 aromatic carbocycles. The summed E-state index contributed by atoms with van der Waals surface area (Å²) in [5, 5.41) is 4.07. The van der Waals surface area contributed by atoms with Crippen molar-refractivity contribution in [1.82, 2.24) is 9.88 Å². The number of nitrogens with zero attached hydrogens (tertiary/aromatic N) is 1. The van der Waals surface area contributed by atoms with Gasteiger partial charge in [0.1, 0.15) is 4.90 Å². The fraction of sp³-hybridized carbons (Fsp3) is 0.375. The summed E-state index contributed by atoms with van der Waals surface area (Å²) in [4.78, 5) is 11.3. The van der Waals surface area contributed by atoms with Gasteiger partial charge in [-0.25, -0.2) is 0 Å². The van der Waals surface area contributed by atoms with E-state index in [1.165, 1.54) is 0 Å². The van der Waals surface area contributed by atoms with Crippen molar-refractivity contribution in [1.29, 1.82) is 0 Å². The number of hydrogen-bond acceptors (Lipinski definition) is 1. The molecule has 1 aromatic heterocycles. The van der Waals surface area contributed by atoms with Crippen LogP contribution in [0.2, 0.25) is 0 Å². The first-order valence-electron chi connectivity index (χ1n) is 11.0. The molecule has 0 atom stereocenters. The van der Waals surface area contributed by atoms with Crippen LogP contribution in [0.3, 0.4) is 0 Å². The van der Waals surface area contributed by atoms with E-state index in [0.29, 0.717) is 34.2 Å². The number of halogens is 5. The van der Waals surface area contributed by atoms with Crippen LogP contribution in [0.15, 0.2) is 59.6 Å². The zero-order chi connectivity index (χ0) is 23.8. The first-order chi connectivity index (χ1) is 15.2. The lowest BCUT2D eigenvalue weighted by Crippen LogP contribution is -2.55. The van der Waals surface area contributed by atoms with E-state index in [-0.39, 0.29) is 18.0 Å². The number of nitrogens with one attached hydrogen (secondary N) is 1. The molecule has 3 saturated carbocycles. The van der Waals surface area contributed by atoms with E-state index in [1.54, 1.807) is 22.9 Å². The summed E-state index contributed by atoms with van der Waals surface area (Å²) in [5.41, 5.74) is 1.81. The molecule has 1 amide bonds. The normalized spacial score (nSPS) is 26.5. The summed E-state index contributed by atoms with van der Waals surface area (Å²) >= 11 is 0.